The van der Waals surface area contributed by atoms with Gasteiger partial charge in [0.05, 0.1) is 5.56 Å². The van der Waals surface area contributed by atoms with Crippen molar-refractivity contribution >= 4 is 27.5 Å². The topological polar surface area (TPSA) is 0 Å². The minimum Gasteiger partial charge on any atom is -0.206 e. The van der Waals surface area contributed by atoms with E-state index in [0.717, 1.165) is 48.6 Å². The van der Waals surface area contributed by atoms with Gasteiger partial charge in [-0.25, -0.2) is 4.39 Å². The van der Waals surface area contributed by atoms with Crippen LogP contribution in [-0.2, 0) is 5.38 Å². The molecule has 1 aliphatic rings. The molecule has 0 atom stereocenters. The van der Waals surface area contributed by atoms with Crippen LogP contribution in [0, 0.1) is 11.7 Å². The van der Waals surface area contributed by atoms with Gasteiger partial charge in [-0.2, -0.15) is 8.78 Å². The van der Waals surface area contributed by atoms with Crippen molar-refractivity contribution in [3.05, 3.63) is 35.1 Å². The zero-order valence-corrected chi connectivity index (χ0v) is 13.4. The predicted molar refractivity (Wildman–Crippen MR) is 79.3 cm³/mol. The first-order valence-corrected chi connectivity index (χ1v) is 8.34. The minimum atomic E-state index is -3.64. The number of alkyl halides is 4. The first-order chi connectivity index (χ1) is 9.41. The van der Waals surface area contributed by atoms with E-state index in [-0.39, 0.29) is 5.92 Å². The van der Waals surface area contributed by atoms with Gasteiger partial charge in [-0.1, -0.05) is 22.0 Å². The Morgan fingerprint density at radius 3 is 2.35 bits per heavy atom. The molecule has 1 aromatic rings. The van der Waals surface area contributed by atoms with Crippen molar-refractivity contribution in [2.24, 2.45) is 5.92 Å². The third-order valence-corrected chi connectivity index (χ3v) is 4.80. The van der Waals surface area contributed by atoms with Gasteiger partial charge in [-0.15, -0.1) is 0 Å². The molecule has 0 saturated heterocycles. The lowest BCUT2D eigenvalue weighted by Crippen LogP contribution is -2.14. The van der Waals surface area contributed by atoms with E-state index in [1.807, 2.05) is 0 Å². The van der Waals surface area contributed by atoms with Gasteiger partial charge in [-0.3, -0.25) is 0 Å². The molecule has 0 radical (unpaired) electrons. The molecule has 0 aliphatic heterocycles. The summed E-state index contributed by atoms with van der Waals surface area (Å²) in [4.78, 5) is 0. The molecular formula is C15H17BrClF3. The molecule has 2 rings (SSSR count). The standard InChI is InChI=1S/C15H17BrClF3/c16-8-7-10-1-3-11(4-2-10)12-5-6-13(14(18)9-12)15(17,19)20/h5-6,9-11H,1-4,7-8H2. The van der Waals surface area contributed by atoms with Crippen LogP contribution in [0.1, 0.15) is 49.1 Å². The molecular weight excluding hydrogens is 353 g/mol. The highest BCUT2D eigenvalue weighted by molar-refractivity contribution is 9.09. The lowest BCUT2D eigenvalue weighted by molar-refractivity contribution is 0.0906. The van der Waals surface area contributed by atoms with Crippen LogP contribution in [0.25, 0.3) is 0 Å². The van der Waals surface area contributed by atoms with Gasteiger partial charge in [-0.05, 0) is 73.2 Å². The van der Waals surface area contributed by atoms with E-state index in [1.54, 1.807) is 6.07 Å². The molecule has 1 saturated carbocycles. The second-order valence-corrected chi connectivity index (χ2v) is 6.70. The molecule has 1 aromatic carbocycles. The quantitative estimate of drug-likeness (QED) is 0.556. The van der Waals surface area contributed by atoms with E-state index in [1.165, 1.54) is 12.5 Å². The maximum atomic E-state index is 13.7. The zero-order valence-electron chi connectivity index (χ0n) is 11.0. The van der Waals surface area contributed by atoms with Crippen LogP contribution in [0.15, 0.2) is 18.2 Å². The number of benzene rings is 1. The molecule has 0 amide bonds. The van der Waals surface area contributed by atoms with Crippen molar-refractivity contribution in [3.63, 3.8) is 0 Å². The van der Waals surface area contributed by atoms with E-state index in [9.17, 15) is 13.2 Å². The highest BCUT2D eigenvalue weighted by atomic mass is 79.9. The second-order valence-electron chi connectivity index (χ2n) is 5.43. The van der Waals surface area contributed by atoms with Crippen LogP contribution >= 0.6 is 27.5 Å². The minimum absolute atomic E-state index is 0.272. The molecule has 0 heterocycles. The molecule has 0 bridgehead atoms. The van der Waals surface area contributed by atoms with Gasteiger partial charge in [0.15, 0.2) is 0 Å². The number of hydrogen-bond acceptors (Lipinski definition) is 0. The van der Waals surface area contributed by atoms with Gasteiger partial charge >= 0.3 is 5.38 Å². The summed E-state index contributed by atoms with van der Waals surface area (Å²) in [6, 6.07) is 3.92. The Bertz CT molecular complexity index is 451. The summed E-state index contributed by atoms with van der Waals surface area (Å²) in [5, 5.41) is -2.63. The SMILES string of the molecule is Fc1cc(C2CCC(CCBr)CC2)ccc1C(F)(F)Cl. The summed E-state index contributed by atoms with van der Waals surface area (Å²) in [5.41, 5.74) is 0.0698. The van der Waals surface area contributed by atoms with Gasteiger partial charge in [0.2, 0.25) is 0 Å². The van der Waals surface area contributed by atoms with Crippen LogP contribution in [0.3, 0.4) is 0 Å². The Labute approximate surface area is 130 Å². The van der Waals surface area contributed by atoms with Crippen molar-refractivity contribution < 1.29 is 13.2 Å². The average molecular weight is 370 g/mol. The fourth-order valence-corrected chi connectivity index (χ4v) is 3.75. The Kier molecular flexibility index (Phi) is 5.41. The first kappa shape index (κ1) is 16.2. The van der Waals surface area contributed by atoms with Gasteiger partial charge in [0, 0.05) is 5.33 Å². The van der Waals surface area contributed by atoms with E-state index >= 15 is 0 Å². The van der Waals surface area contributed by atoms with Crippen molar-refractivity contribution in [2.75, 3.05) is 5.33 Å². The summed E-state index contributed by atoms with van der Waals surface area (Å²) in [7, 11) is 0. The predicted octanol–water partition coefficient (Wildman–Crippen LogP) is 6.17. The highest BCUT2D eigenvalue weighted by Crippen LogP contribution is 2.39. The van der Waals surface area contributed by atoms with Crippen LogP contribution in [0.2, 0.25) is 0 Å². The summed E-state index contributed by atoms with van der Waals surface area (Å²) in [6.07, 6.45) is 5.39. The largest absolute Gasteiger partial charge is 0.351 e. The summed E-state index contributed by atoms with van der Waals surface area (Å²) >= 11 is 8.33. The van der Waals surface area contributed by atoms with E-state index in [0.29, 0.717) is 0 Å². The van der Waals surface area contributed by atoms with Crippen LogP contribution < -0.4 is 0 Å². The van der Waals surface area contributed by atoms with Crippen LogP contribution in [0.4, 0.5) is 13.2 Å². The summed E-state index contributed by atoms with van der Waals surface area (Å²) in [5.74, 6) is 0.0843. The second kappa shape index (κ2) is 6.69. The van der Waals surface area contributed by atoms with Crippen molar-refractivity contribution in [2.45, 2.75) is 43.4 Å². The van der Waals surface area contributed by atoms with Gasteiger partial charge < -0.3 is 0 Å². The highest BCUT2D eigenvalue weighted by Gasteiger charge is 2.32. The molecule has 5 heteroatoms. The number of halogens is 5. The van der Waals surface area contributed by atoms with E-state index in [2.05, 4.69) is 15.9 Å². The number of hydrogen-bond donors (Lipinski definition) is 0. The lowest BCUT2D eigenvalue weighted by Gasteiger charge is -2.28. The van der Waals surface area contributed by atoms with Gasteiger partial charge in [0.1, 0.15) is 5.82 Å². The van der Waals surface area contributed by atoms with E-state index < -0.39 is 16.8 Å². The fraction of sp³-hybridized carbons (Fsp3) is 0.600. The number of rotatable bonds is 4. The molecule has 112 valence electrons. The molecule has 1 aliphatic carbocycles. The van der Waals surface area contributed by atoms with E-state index in [4.69, 9.17) is 11.6 Å². The molecule has 1 fully saturated rings. The maximum Gasteiger partial charge on any atom is 0.351 e. The monoisotopic (exact) mass is 368 g/mol. The van der Waals surface area contributed by atoms with Crippen molar-refractivity contribution in [3.8, 4) is 0 Å². The molecule has 0 aromatic heterocycles. The Morgan fingerprint density at radius 1 is 1.20 bits per heavy atom. The Morgan fingerprint density at radius 2 is 1.85 bits per heavy atom. The van der Waals surface area contributed by atoms with Crippen molar-refractivity contribution in [1.82, 2.24) is 0 Å². The van der Waals surface area contributed by atoms with Crippen LogP contribution in [-0.4, -0.2) is 5.33 Å². The summed E-state index contributed by atoms with van der Waals surface area (Å²) < 4.78 is 39.6. The third-order valence-electron chi connectivity index (χ3n) is 4.13. The summed E-state index contributed by atoms with van der Waals surface area (Å²) in [6.45, 7) is 0. The molecule has 0 nitrogen and oxygen atoms in total. The zero-order chi connectivity index (χ0) is 14.8. The molecule has 0 N–H and O–H groups in total. The van der Waals surface area contributed by atoms with Gasteiger partial charge in [0.25, 0.3) is 0 Å². The Hall–Kier alpha value is -0.220. The Balaban J connectivity index is 2.06. The normalized spacial score (nSPS) is 23.9. The fourth-order valence-electron chi connectivity index (χ4n) is 2.95. The lowest BCUT2D eigenvalue weighted by atomic mass is 9.78. The van der Waals surface area contributed by atoms with Crippen LogP contribution in [0.5, 0.6) is 0 Å². The third kappa shape index (κ3) is 3.91. The smallest absolute Gasteiger partial charge is 0.206 e. The average Bonchev–Trinajstić information content (AvgIpc) is 2.38. The molecule has 20 heavy (non-hydrogen) atoms. The first-order valence-electron chi connectivity index (χ1n) is 6.84. The maximum absolute atomic E-state index is 13.7. The molecule has 0 spiro atoms. The van der Waals surface area contributed by atoms with Crippen molar-refractivity contribution in [1.29, 1.82) is 0 Å². The molecule has 0 unspecified atom stereocenters.